The van der Waals surface area contributed by atoms with E-state index in [-0.39, 0.29) is 5.91 Å². The highest BCUT2D eigenvalue weighted by Crippen LogP contribution is 2.17. The van der Waals surface area contributed by atoms with Gasteiger partial charge in [-0.25, -0.2) is 0 Å². The van der Waals surface area contributed by atoms with Gasteiger partial charge >= 0.3 is 0 Å². The molecular formula is C14H26N6O. The molecule has 1 saturated heterocycles. The molecule has 1 aromatic heterocycles. The number of carbonyl (C=O) groups is 1. The minimum atomic E-state index is -0.0173. The van der Waals surface area contributed by atoms with Gasteiger partial charge in [0.25, 0.3) is 5.91 Å². The molecule has 2 N–H and O–H groups in total. The highest BCUT2D eigenvalue weighted by molar-refractivity contribution is 5.92. The van der Waals surface area contributed by atoms with E-state index in [1.807, 2.05) is 4.90 Å². The molecule has 2 rings (SSSR count). The van der Waals surface area contributed by atoms with Gasteiger partial charge in [0.15, 0.2) is 5.69 Å². The highest BCUT2D eigenvalue weighted by Gasteiger charge is 2.27. The van der Waals surface area contributed by atoms with Gasteiger partial charge in [-0.05, 0) is 25.9 Å². The van der Waals surface area contributed by atoms with E-state index in [4.69, 9.17) is 5.73 Å². The summed E-state index contributed by atoms with van der Waals surface area (Å²) in [7, 11) is 0. The zero-order valence-electron chi connectivity index (χ0n) is 13.0. The van der Waals surface area contributed by atoms with Crippen LogP contribution in [0.1, 0.15) is 37.2 Å². The summed E-state index contributed by atoms with van der Waals surface area (Å²) in [6.45, 7) is 9.20. The number of piperidine rings is 1. The van der Waals surface area contributed by atoms with Gasteiger partial charge in [0.05, 0.1) is 12.7 Å². The van der Waals surface area contributed by atoms with Crippen LogP contribution in [0.25, 0.3) is 0 Å². The van der Waals surface area contributed by atoms with E-state index in [2.05, 4.69) is 29.1 Å². The van der Waals surface area contributed by atoms with Crippen molar-refractivity contribution in [3.8, 4) is 0 Å². The van der Waals surface area contributed by atoms with Crippen LogP contribution in [0.15, 0.2) is 6.20 Å². The average molecular weight is 294 g/mol. The van der Waals surface area contributed by atoms with E-state index in [1.54, 1.807) is 10.9 Å². The minimum Gasteiger partial charge on any atom is -0.337 e. The first-order chi connectivity index (χ1) is 10.2. The summed E-state index contributed by atoms with van der Waals surface area (Å²) in [5, 5.41) is 7.87. The standard InChI is InChI=1S/C14H26N6O/c1-3-18(4-2)12-5-8-19(9-6-12)14(21)13-11-20(10-7-15)17-16-13/h11-12H,3-10,15H2,1-2H3. The summed E-state index contributed by atoms with van der Waals surface area (Å²) in [5.74, 6) is -0.0173. The van der Waals surface area contributed by atoms with E-state index in [0.717, 1.165) is 39.0 Å². The van der Waals surface area contributed by atoms with Crippen LogP contribution in [0.4, 0.5) is 0 Å². The number of hydrogen-bond acceptors (Lipinski definition) is 5. The number of nitrogens with two attached hydrogens (primary N) is 1. The highest BCUT2D eigenvalue weighted by atomic mass is 16.2. The van der Waals surface area contributed by atoms with E-state index in [1.165, 1.54) is 0 Å². The lowest BCUT2D eigenvalue weighted by molar-refractivity contribution is 0.0625. The molecule has 2 heterocycles. The molecule has 1 amide bonds. The average Bonchev–Trinajstić information content (AvgIpc) is 2.97. The maximum Gasteiger partial charge on any atom is 0.276 e. The quantitative estimate of drug-likeness (QED) is 0.810. The van der Waals surface area contributed by atoms with Crippen molar-refractivity contribution in [1.82, 2.24) is 24.8 Å². The van der Waals surface area contributed by atoms with Crippen LogP contribution in [0.3, 0.4) is 0 Å². The van der Waals surface area contributed by atoms with Gasteiger partial charge in [-0.1, -0.05) is 19.1 Å². The van der Waals surface area contributed by atoms with Crippen LogP contribution in [-0.4, -0.2) is 69.5 Å². The molecule has 1 aliphatic rings. The molecule has 7 heteroatoms. The second-order valence-electron chi connectivity index (χ2n) is 5.40. The molecule has 1 fully saturated rings. The predicted molar refractivity (Wildman–Crippen MR) is 80.9 cm³/mol. The molecule has 0 radical (unpaired) electrons. The molecule has 0 spiro atoms. The summed E-state index contributed by atoms with van der Waals surface area (Å²) < 4.78 is 1.62. The van der Waals surface area contributed by atoms with Crippen molar-refractivity contribution >= 4 is 5.91 Å². The molecule has 21 heavy (non-hydrogen) atoms. The lowest BCUT2D eigenvalue weighted by Crippen LogP contribution is -2.46. The molecule has 0 atom stereocenters. The third-order valence-corrected chi connectivity index (χ3v) is 4.20. The maximum atomic E-state index is 12.4. The van der Waals surface area contributed by atoms with Crippen LogP contribution in [-0.2, 0) is 6.54 Å². The number of rotatable bonds is 6. The Morgan fingerprint density at radius 1 is 1.38 bits per heavy atom. The van der Waals surface area contributed by atoms with Crippen molar-refractivity contribution in [1.29, 1.82) is 0 Å². The van der Waals surface area contributed by atoms with Gasteiger partial charge in [0.1, 0.15) is 0 Å². The Hall–Kier alpha value is -1.47. The van der Waals surface area contributed by atoms with E-state index < -0.39 is 0 Å². The normalized spacial score (nSPS) is 16.7. The zero-order valence-corrected chi connectivity index (χ0v) is 13.0. The Labute approximate surface area is 126 Å². The van der Waals surface area contributed by atoms with Crippen molar-refractivity contribution in [2.45, 2.75) is 39.3 Å². The summed E-state index contributed by atoms with van der Waals surface area (Å²) in [4.78, 5) is 16.8. The van der Waals surface area contributed by atoms with Gasteiger partial charge in [0.2, 0.25) is 0 Å². The van der Waals surface area contributed by atoms with Crippen LogP contribution < -0.4 is 5.73 Å². The van der Waals surface area contributed by atoms with Crippen LogP contribution >= 0.6 is 0 Å². The summed E-state index contributed by atoms with van der Waals surface area (Å²) in [6.07, 6.45) is 3.75. The molecule has 1 aliphatic heterocycles. The number of nitrogens with zero attached hydrogens (tertiary/aromatic N) is 5. The molecule has 7 nitrogen and oxygen atoms in total. The van der Waals surface area contributed by atoms with Crippen LogP contribution in [0, 0.1) is 0 Å². The Kier molecular flexibility index (Phi) is 5.69. The number of hydrogen-bond donors (Lipinski definition) is 1. The van der Waals surface area contributed by atoms with Crippen LogP contribution in [0.2, 0.25) is 0 Å². The number of aromatic nitrogens is 3. The monoisotopic (exact) mass is 294 g/mol. The Balaban J connectivity index is 1.90. The molecule has 1 aromatic rings. The Morgan fingerprint density at radius 2 is 2.05 bits per heavy atom. The third kappa shape index (κ3) is 3.79. The van der Waals surface area contributed by atoms with Crippen LogP contribution in [0.5, 0.6) is 0 Å². The first-order valence-electron chi connectivity index (χ1n) is 7.83. The summed E-state index contributed by atoms with van der Waals surface area (Å²) in [5.41, 5.74) is 5.89. The van der Waals surface area contributed by atoms with E-state index in [0.29, 0.717) is 24.8 Å². The van der Waals surface area contributed by atoms with Crippen molar-refractivity contribution < 1.29 is 4.79 Å². The van der Waals surface area contributed by atoms with Gasteiger partial charge < -0.3 is 15.5 Å². The molecule has 0 aliphatic carbocycles. The second kappa shape index (κ2) is 7.51. The summed E-state index contributed by atoms with van der Waals surface area (Å²) in [6, 6.07) is 0.594. The van der Waals surface area contributed by atoms with Crippen molar-refractivity contribution in [3.63, 3.8) is 0 Å². The van der Waals surface area contributed by atoms with Crippen molar-refractivity contribution in [2.75, 3.05) is 32.7 Å². The SMILES string of the molecule is CCN(CC)C1CCN(C(=O)c2cn(CCN)nn2)CC1. The lowest BCUT2D eigenvalue weighted by Gasteiger charge is -2.37. The minimum absolute atomic E-state index is 0.0173. The Bertz CT molecular complexity index is 448. The molecule has 118 valence electrons. The Morgan fingerprint density at radius 3 is 2.62 bits per heavy atom. The van der Waals surface area contributed by atoms with Gasteiger partial charge in [-0.3, -0.25) is 9.48 Å². The predicted octanol–water partition coefficient (Wildman–Crippen LogP) is 0.183. The topological polar surface area (TPSA) is 80.3 Å². The molecular weight excluding hydrogens is 268 g/mol. The smallest absolute Gasteiger partial charge is 0.276 e. The van der Waals surface area contributed by atoms with Crippen molar-refractivity contribution in [2.24, 2.45) is 5.73 Å². The van der Waals surface area contributed by atoms with Gasteiger partial charge in [-0.15, -0.1) is 5.10 Å². The maximum absolute atomic E-state index is 12.4. The first-order valence-corrected chi connectivity index (χ1v) is 7.83. The van der Waals surface area contributed by atoms with Gasteiger partial charge in [0, 0.05) is 25.7 Å². The number of amides is 1. The zero-order chi connectivity index (χ0) is 15.2. The van der Waals surface area contributed by atoms with Gasteiger partial charge in [-0.2, -0.15) is 0 Å². The first kappa shape index (κ1) is 15.9. The molecule has 0 bridgehead atoms. The second-order valence-corrected chi connectivity index (χ2v) is 5.40. The largest absolute Gasteiger partial charge is 0.337 e. The molecule has 0 aromatic carbocycles. The fourth-order valence-electron chi connectivity index (χ4n) is 2.97. The lowest BCUT2D eigenvalue weighted by atomic mass is 10.0. The number of carbonyl (C=O) groups excluding carboxylic acids is 1. The van der Waals surface area contributed by atoms with E-state index in [9.17, 15) is 4.79 Å². The molecule has 0 unspecified atom stereocenters. The molecule has 0 saturated carbocycles. The summed E-state index contributed by atoms with van der Waals surface area (Å²) >= 11 is 0. The van der Waals surface area contributed by atoms with E-state index >= 15 is 0 Å². The third-order valence-electron chi connectivity index (χ3n) is 4.20. The fourth-order valence-corrected chi connectivity index (χ4v) is 2.97. The number of likely N-dealkylation sites (tertiary alicyclic amines) is 1. The fraction of sp³-hybridized carbons (Fsp3) is 0.786. The van der Waals surface area contributed by atoms with Crippen molar-refractivity contribution in [3.05, 3.63) is 11.9 Å².